The van der Waals surface area contributed by atoms with Gasteiger partial charge in [-0.1, -0.05) is 0 Å². The number of amides is 1. The zero-order chi connectivity index (χ0) is 14.2. The highest BCUT2D eigenvalue weighted by Crippen LogP contribution is 2.25. The van der Waals surface area contributed by atoms with Crippen LogP contribution in [0.15, 0.2) is 19.7 Å². The van der Waals surface area contributed by atoms with Gasteiger partial charge in [0, 0.05) is 14.1 Å². The maximum Gasteiger partial charge on any atom is 0.275 e. The van der Waals surface area contributed by atoms with Crippen molar-refractivity contribution < 1.29 is 4.79 Å². The molecule has 6 nitrogen and oxygen atoms in total. The first kappa shape index (κ1) is 14.7. The van der Waals surface area contributed by atoms with E-state index in [1.807, 2.05) is 7.05 Å². The zero-order valence-electron chi connectivity index (χ0n) is 10.1. The molecule has 0 unspecified atom stereocenters. The van der Waals surface area contributed by atoms with E-state index in [2.05, 4.69) is 63.1 Å². The van der Waals surface area contributed by atoms with Crippen LogP contribution in [0.1, 0.15) is 16.2 Å². The van der Waals surface area contributed by atoms with Gasteiger partial charge in [0.05, 0.1) is 27.4 Å². The second-order valence-electron chi connectivity index (χ2n) is 3.92. The summed E-state index contributed by atoms with van der Waals surface area (Å²) < 4.78 is 3.86. The summed E-state index contributed by atoms with van der Waals surface area (Å²) in [5, 5.41) is 10.8. The molecule has 0 radical (unpaired) electrons. The molecule has 1 amide bonds. The maximum atomic E-state index is 12.3. The van der Waals surface area contributed by atoms with Gasteiger partial charge in [-0.05, 0) is 47.8 Å². The maximum absolute atomic E-state index is 12.3. The van der Waals surface area contributed by atoms with Crippen molar-refractivity contribution in [2.45, 2.75) is 6.54 Å². The average molecular weight is 456 g/mol. The van der Waals surface area contributed by atoms with E-state index in [1.54, 1.807) is 22.8 Å². The van der Waals surface area contributed by atoms with E-state index in [9.17, 15) is 4.79 Å². The Labute approximate surface area is 134 Å². The Kier molecular flexibility index (Phi) is 4.46. The van der Waals surface area contributed by atoms with Gasteiger partial charge in [-0.2, -0.15) is 10.2 Å². The van der Waals surface area contributed by atoms with Gasteiger partial charge in [-0.25, -0.2) is 0 Å². The number of carbonyl (C=O) groups excluding carboxylic acids is 1. The molecule has 9 heteroatoms. The molecule has 0 aliphatic carbocycles. The fraction of sp³-hybridized carbons (Fsp3) is 0.300. The molecule has 0 spiro atoms. The molecular formula is C10H10Br3N5O. The summed E-state index contributed by atoms with van der Waals surface area (Å²) >= 11 is 9.98. The number of aryl methyl sites for hydroxylation is 1. The van der Waals surface area contributed by atoms with Crippen molar-refractivity contribution in [2.24, 2.45) is 7.05 Å². The Morgan fingerprint density at radius 2 is 2.16 bits per heavy atom. The first-order valence-corrected chi connectivity index (χ1v) is 7.61. The number of aromatic nitrogens is 4. The Morgan fingerprint density at radius 1 is 1.47 bits per heavy atom. The minimum Gasteiger partial charge on any atom is -0.334 e. The summed E-state index contributed by atoms with van der Waals surface area (Å²) in [6, 6.07) is 0. The molecule has 2 heterocycles. The first-order valence-electron chi connectivity index (χ1n) is 5.23. The predicted octanol–water partition coefficient (Wildman–Crippen LogP) is 2.70. The van der Waals surface area contributed by atoms with E-state index in [-0.39, 0.29) is 5.91 Å². The molecule has 2 rings (SSSR count). The average Bonchev–Trinajstić information content (AvgIpc) is 2.86. The molecule has 2 aromatic rings. The Morgan fingerprint density at radius 3 is 2.63 bits per heavy atom. The predicted molar refractivity (Wildman–Crippen MR) is 80.7 cm³/mol. The summed E-state index contributed by atoms with van der Waals surface area (Å²) in [5.74, 6) is -0.179. The van der Waals surface area contributed by atoms with Gasteiger partial charge in [0.2, 0.25) is 0 Å². The van der Waals surface area contributed by atoms with Gasteiger partial charge in [-0.3, -0.25) is 14.6 Å². The second-order valence-corrected chi connectivity index (χ2v) is 6.36. The van der Waals surface area contributed by atoms with E-state index in [4.69, 9.17) is 0 Å². The number of nitrogens with one attached hydrogen (secondary N) is 1. The fourth-order valence-electron chi connectivity index (χ4n) is 1.54. The molecule has 1 N–H and O–H groups in total. The van der Waals surface area contributed by atoms with E-state index < -0.39 is 0 Å². The van der Waals surface area contributed by atoms with Gasteiger partial charge in [0.15, 0.2) is 5.69 Å². The number of nitrogens with zero attached hydrogens (tertiary/aromatic N) is 4. The van der Waals surface area contributed by atoms with E-state index in [0.717, 1.165) is 10.2 Å². The minimum absolute atomic E-state index is 0.179. The van der Waals surface area contributed by atoms with Crippen LogP contribution in [-0.4, -0.2) is 37.8 Å². The molecule has 2 aromatic heterocycles. The highest BCUT2D eigenvalue weighted by Gasteiger charge is 2.21. The molecule has 0 aliphatic rings. The number of H-pyrrole nitrogens is 1. The van der Waals surface area contributed by atoms with Crippen LogP contribution in [0.5, 0.6) is 0 Å². The molecule has 0 atom stereocenters. The normalized spacial score (nSPS) is 10.8. The number of hydrogen-bond donors (Lipinski definition) is 1. The first-order chi connectivity index (χ1) is 8.91. The van der Waals surface area contributed by atoms with Crippen molar-refractivity contribution in [2.75, 3.05) is 7.05 Å². The third-order valence-corrected chi connectivity index (χ3v) is 5.15. The number of carbonyl (C=O) groups is 1. The van der Waals surface area contributed by atoms with Crippen LogP contribution in [0.3, 0.4) is 0 Å². The third-order valence-electron chi connectivity index (χ3n) is 2.61. The molecule has 0 fully saturated rings. The molecule has 0 saturated heterocycles. The number of aromatic amines is 1. The third kappa shape index (κ3) is 2.92. The van der Waals surface area contributed by atoms with Crippen LogP contribution in [0.2, 0.25) is 0 Å². The van der Waals surface area contributed by atoms with Crippen molar-refractivity contribution in [3.8, 4) is 0 Å². The Bertz CT molecular complexity index is 601. The number of hydrogen-bond acceptors (Lipinski definition) is 3. The van der Waals surface area contributed by atoms with Crippen LogP contribution >= 0.6 is 47.8 Å². The molecule has 0 aliphatic heterocycles. The van der Waals surface area contributed by atoms with Crippen molar-refractivity contribution in [3.63, 3.8) is 0 Å². The summed E-state index contributed by atoms with van der Waals surface area (Å²) in [4.78, 5) is 13.9. The lowest BCUT2D eigenvalue weighted by Gasteiger charge is -2.16. The van der Waals surface area contributed by atoms with E-state index in [1.165, 1.54) is 0 Å². The molecular weight excluding hydrogens is 446 g/mol. The largest absolute Gasteiger partial charge is 0.334 e. The summed E-state index contributed by atoms with van der Waals surface area (Å²) in [7, 11) is 3.55. The van der Waals surface area contributed by atoms with Crippen LogP contribution in [0.25, 0.3) is 0 Å². The standard InChI is InChI=1S/C10H10Br3N5O/c1-17(4-6-5(11)3-14-18(6)2)10(19)8-7(12)9(13)16-15-8/h3H,4H2,1-2H3,(H,15,16). The number of rotatable bonds is 3. The fourth-order valence-corrected chi connectivity index (χ4v) is 2.64. The molecule has 0 saturated carbocycles. The van der Waals surface area contributed by atoms with Gasteiger partial charge < -0.3 is 4.90 Å². The lowest BCUT2D eigenvalue weighted by Crippen LogP contribution is -2.28. The minimum atomic E-state index is -0.179. The van der Waals surface area contributed by atoms with Crippen molar-refractivity contribution in [1.82, 2.24) is 24.9 Å². The summed E-state index contributed by atoms with van der Waals surface area (Å²) in [6.45, 7) is 0.437. The van der Waals surface area contributed by atoms with E-state index >= 15 is 0 Å². The van der Waals surface area contributed by atoms with Crippen LogP contribution in [0, 0.1) is 0 Å². The zero-order valence-corrected chi connectivity index (χ0v) is 14.9. The second kappa shape index (κ2) is 5.76. The van der Waals surface area contributed by atoms with E-state index in [0.29, 0.717) is 21.3 Å². The van der Waals surface area contributed by atoms with Crippen LogP contribution in [-0.2, 0) is 13.6 Å². The molecule has 0 bridgehead atoms. The van der Waals surface area contributed by atoms with Gasteiger partial charge in [0.25, 0.3) is 5.91 Å². The SMILES string of the molecule is CN(Cc1c(Br)cnn1C)C(=O)c1n[nH]c(Br)c1Br. The summed E-state index contributed by atoms with van der Waals surface area (Å²) in [5.41, 5.74) is 1.26. The topological polar surface area (TPSA) is 66.8 Å². The van der Waals surface area contributed by atoms with Gasteiger partial charge >= 0.3 is 0 Å². The smallest absolute Gasteiger partial charge is 0.275 e. The quantitative estimate of drug-likeness (QED) is 0.773. The van der Waals surface area contributed by atoms with Gasteiger partial charge in [-0.15, -0.1) is 0 Å². The van der Waals surface area contributed by atoms with Crippen molar-refractivity contribution >= 4 is 53.7 Å². The Balaban J connectivity index is 2.19. The van der Waals surface area contributed by atoms with Gasteiger partial charge in [0.1, 0.15) is 4.60 Å². The van der Waals surface area contributed by atoms with Crippen LogP contribution < -0.4 is 0 Å². The number of halogens is 3. The molecule has 0 aromatic carbocycles. The highest BCUT2D eigenvalue weighted by atomic mass is 79.9. The molecule has 102 valence electrons. The molecule has 19 heavy (non-hydrogen) atoms. The monoisotopic (exact) mass is 453 g/mol. The summed E-state index contributed by atoms with van der Waals surface area (Å²) in [6.07, 6.45) is 1.70. The lowest BCUT2D eigenvalue weighted by molar-refractivity contribution is 0.0775. The van der Waals surface area contributed by atoms with Crippen molar-refractivity contribution in [1.29, 1.82) is 0 Å². The van der Waals surface area contributed by atoms with Crippen LogP contribution in [0.4, 0.5) is 0 Å². The lowest BCUT2D eigenvalue weighted by atomic mass is 10.3. The Hall–Kier alpha value is -0.670. The highest BCUT2D eigenvalue weighted by molar-refractivity contribution is 9.13. The van der Waals surface area contributed by atoms with Crippen molar-refractivity contribution in [3.05, 3.63) is 31.1 Å².